The van der Waals surface area contributed by atoms with Gasteiger partial charge >= 0.3 is 0 Å². The third-order valence-corrected chi connectivity index (χ3v) is 4.24. The molecule has 1 aromatic carbocycles. The van der Waals surface area contributed by atoms with E-state index in [1.807, 2.05) is 13.0 Å². The Morgan fingerprint density at radius 3 is 3.00 bits per heavy atom. The molecule has 0 aliphatic carbocycles. The summed E-state index contributed by atoms with van der Waals surface area (Å²) in [4.78, 5) is 2.54. The van der Waals surface area contributed by atoms with Gasteiger partial charge in [-0.3, -0.25) is 4.90 Å². The molecule has 1 aromatic rings. The lowest BCUT2D eigenvalue weighted by molar-refractivity contribution is 0.174. The summed E-state index contributed by atoms with van der Waals surface area (Å²) in [6.07, 6.45) is 2.68. The third kappa shape index (κ3) is 3.48. The van der Waals surface area contributed by atoms with Gasteiger partial charge in [-0.05, 0) is 44.4 Å². The Kier molecular flexibility index (Phi) is 5.07. The first-order chi connectivity index (χ1) is 8.70. The van der Waals surface area contributed by atoms with E-state index < -0.39 is 0 Å². The van der Waals surface area contributed by atoms with Gasteiger partial charge in [-0.25, -0.2) is 0 Å². The summed E-state index contributed by atoms with van der Waals surface area (Å²) in [7, 11) is 0. The number of hydrogen-bond donors (Lipinski definition) is 0. The predicted molar refractivity (Wildman–Crippen MR) is 79.0 cm³/mol. The Morgan fingerprint density at radius 1 is 1.44 bits per heavy atom. The summed E-state index contributed by atoms with van der Waals surface area (Å²) in [5.41, 5.74) is 1.29. The molecule has 1 unspecified atom stereocenters. The third-order valence-electron chi connectivity index (χ3n) is 3.50. The SMILES string of the molecule is CCOc1cccc(Br)c1CN1CCCC(C)C1. The Balaban J connectivity index is 2.11. The molecule has 2 rings (SSSR count). The van der Waals surface area contributed by atoms with E-state index in [4.69, 9.17) is 4.74 Å². The van der Waals surface area contributed by atoms with Gasteiger partial charge < -0.3 is 4.74 Å². The van der Waals surface area contributed by atoms with Crippen LogP contribution in [0.15, 0.2) is 22.7 Å². The normalized spacial score (nSPS) is 20.9. The fourth-order valence-corrected chi connectivity index (χ4v) is 3.11. The van der Waals surface area contributed by atoms with Crippen molar-refractivity contribution in [2.45, 2.75) is 33.2 Å². The van der Waals surface area contributed by atoms with Crippen LogP contribution in [0.25, 0.3) is 0 Å². The lowest BCUT2D eigenvalue weighted by atomic mass is 10.00. The summed E-state index contributed by atoms with van der Waals surface area (Å²) in [6, 6.07) is 6.21. The van der Waals surface area contributed by atoms with E-state index in [0.29, 0.717) is 0 Å². The van der Waals surface area contributed by atoms with E-state index in [1.54, 1.807) is 0 Å². The number of hydrogen-bond acceptors (Lipinski definition) is 2. The molecule has 1 saturated heterocycles. The molecule has 1 aliphatic rings. The van der Waals surface area contributed by atoms with Crippen molar-refractivity contribution in [3.8, 4) is 5.75 Å². The predicted octanol–water partition coefficient (Wildman–Crippen LogP) is 4.08. The number of benzene rings is 1. The molecule has 2 nitrogen and oxygen atoms in total. The molecule has 0 amide bonds. The first-order valence-corrected chi connectivity index (χ1v) is 7.62. The van der Waals surface area contributed by atoms with Crippen LogP contribution in [0.1, 0.15) is 32.3 Å². The van der Waals surface area contributed by atoms with Crippen LogP contribution >= 0.6 is 15.9 Å². The van der Waals surface area contributed by atoms with Crippen LogP contribution < -0.4 is 4.74 Å². The van der Waals surface area contributed by atoms with Crippen molar-refractivity contribution < 1.29 is 4.74 Å². The Hall–Kier alpha value is -0.540. The van der Waals surface area contributed by atoms with E-state index in [9.17, 15) is 0 Å². The maximum absolute atomic E-state index is 5.73. The van der Waals surface area contributed by atoms with Gasteiger partial charge in [0, 0.05) is 23.1 Å². The molecule has 0 aromatic heterocycles. The van der Waals surface area contributed by atoms with Crippen LogP contribution in [-0.4, -0.2) is 24.6 Å². The van der Waals surface area contributed by atoms with Crippen molar-refractivity contribution in [3.63, 3.8) is 0 Å². The molecule has 18 heavy (non-hydrogen) atoms. The Morgan fingerprint density at radius 2 is 2.28 bits per heavy atom. The number of nitrogens with zero attached hydrogens (tertiary/aromatic N) is 1. The molecule has 1 aliphatic heterocycles. The lowest BCUT2D eigenvalue weighted by Crippen LogP contribution is -2.33. The molecular weight excluding hydrogens is 290 g/mol. The fraction of sp³-hybridized carbons (Fsp3) is 0.600. The second kappa shape index (κ2) is 6.58. The second-order valence-corrected chi connectivity index (χ2v) is 5.99. The van der Waals surface area contributed by atoms with Crippen LogP contribution in [0.3, 0.4) is 0 Å². The highest BCUT2D eigenvalue weighted by molar-refractivity contribution is 9.10. The molecule has 100 valence electrons. The number of halogens is 1. The van der Waals surface area contributed by atoms with Gasteiger partial charge in [-0.15, -0.1) is 0 Å². The zero-order valence-corrected chi connectivity index (χ0v) is 12.9. The van der Waals surface area contributed by atoms with Gasteiger partial charge in [0.25, 0.3) is 0 Å². The van der Waals surface area contributed by atoms with E-state index in [-0.39, 0.29) is 0 Å². The smallest absolute Gasteiger partial charge is 0.124 e. The highest BCUT2D eigenvalue weighted by atomic mass is 79.9. The minimum Gasteiger partial charge on any atom is -0.494 e. The van der Waals surface area contributed by atoms with E-state index in [0.717, 1.165) is 29.3 Å². The van der Waals surface area contributed by atoms with Crippen molar-refractivity contribution in [3.05, 3.63) is 28.2 Å². The number of rotatable bonds is 4. The first kappa shape index (κ1) is 13.9. The molecule has 0 radical (unpaired) electrons. The van der Waals surface area contributed by atoms with Crippen molar-refractivity contribution in [2.24, 2.45) is 5.92 Å². The molecule has 0 spiro atoms. The number of piperidine rings is 1. The van der Waals surface area contributed by atoms with E-state index in [1.165, 1.54) is 31.5 Å². The van der Waals surface area contributed by atoms with E-state index in [2.05, 4.69) is 39.9 Å². The van der Waals surface area contributed by atoms with Crippen LogP contribution in [0.4, 0.5) is 0 Å². The lowest BCUT2D eigenvalue weighted by Gasteiger charge is -2.31. The van der Waals surface area contributed by atoms with Gasteiger partial charge in [-0.1, -0.05) is 28.9 Å². The maximum atomic E-state index is 5.73. The molecule has 3 heteroatoms. The molecule has 0 bridgehead atoms. The minimum absolute atomic E-state index is 0.722. The minimum atomic E-state index is 0.722. The topological polar surface area (TPSA) is 12.5 Å². The van der Waals surface area contributed by atoms with E-state index >= 15 is 0 Å². The van der Waals surface area contributed by atoms with Crippen LogP contribution in [-0.2, 0) is 6.54 Å². The summed E-state index contributed by atoms with van der Waals surface area (Å²) in [6.45, 7) is 8.49. The summed E-state index contributed by atoms with van der Waals surface area (Å²) >= 11 is 3.65. The van der Waals surface area contributed by atoms with Gasteiger partial charge in [-0.2, -0.15) is 0 Å². The first-order valence-electron chi connectivity index (χ1n) is 6.83. The standard InChI is InChI=1S/C15H22BrNO/c1-3-18-15-8-4-7-14(16)13(15)11-17-9-5-6-12(2)10-17/h4,7-8,12H,3,5-6,9-11H2,1-2H3. The average molecular weight is 312 g/mol. The van der Waals surface area contributed by atoms with Crippen LogP contribution in [0.5, 0.6) is 5.75 Å². The molecule has 0 N–H and O–H groups in total. The van der Waals surface area contributed by atoms with Gasteiger partial charge in [0.05, 0.1) is 6.61 Å². The molecular formula is C15H22BrNO. The zero-order chi connectivity index (χ0) is 13.0. The zero-order valence-electron chi connectivity index (χ0n) is 11.3. The largest absolute Gasteiger partial charge is 0.494 e. The second-order valence-electron chi connectivity index (χ2n) is 5.13. The number of ether oxygens (including phenoxy) is 1. The summed E-state index contributed by atoms with van der Waals surface area (Å²) in [5.74, 6) is 1.84. The highest BCUT2D eigenvalue weighted by Crippen LogP contribution is 2.29. The number of likely N-dealkylation sites (tertiary alicyclic amines) is 1. The summed E-state index contributed by atoms with van der Waals surface area (Å²) in [5, 5.41) is 0. The van der Waals surface area contributed by atoms with Crippen molar-refractivity contribution in [2.75, 3.05) is 19.7 Å². The fourth-order valence-electron chi connectivity index (χ4n) is 2.64. The molecule has 1 fully saturated rings. The van der Waals surface area contributed by atoms with Crippen LogP contribution in [0.2, 0.25) is 0 Å². The van der Waals surface area contributed by atoms with Gasteiger partial charge in [0.1, 0.15) is 5.75 Å². The maximum Gasteiger partial charge on any atom is 0.124 e. The average Bonchev–Trinajstić information content (AvgIpc) is 2.34. The quantitative estimate of drug-likeness (QED) is 0.830. The van der Waals surface area contributed by atoms with Gasteiger partial charge in [0.2, 0.25) is 0 Å². The van der Waals surface area contributed by atoms with Gasteiger partial charge in [0.15, 0.2) is 0 Å². The Bertz CT molecular complexity index is 394. The monoisotopic (exact) mass is 311 g/mol. The van der Waals surface area contributed by atoms with Crippen molar-refractivity contribution in [1.29, 1.82) is 0 Å². The van der Waals surface area contributed by atoms with Crippen LogP contribution in [0, 0.1) is 5.92 Å². The Labute approximate surface area is 118 Å². The van der Waals surface area contributed by atoms with Crippen molar-refractivity contribution in [1.82, 2.24) is 4.90 Å². The molecule has 1 heterocycles. The highest BCUT2D eigenvalue weighted by Gasteiger charge is 2.18. The molecule has 1 atom stereocenters. The summed E-state index contributed by atoms with van der Waals surface area (Å²) < 4.78 is 6.89. The molecule has 0 saturated carbocycles. The van der Waals surface area contributed by atoms with Crippen molar-refractivity contribution >= 4 is 15.9 Å².